The highest BCUT2D eigenvalue weighted by molar-refractivity contribution is 8.26. The van der Waals surface area contributed by atoms with Crippen LogP contribution in [-0.4, -0.2) is 45.3 Å². The third-order valence-electron chi connectivity index (χ3n) is 4.73. The standard InChI is InChI=1S/C23H23NO6S2/c1-2-29-22(28)16-9-7-15(8-10-16)18-12-11-17(30-18)14-19-21(27)24(23(31)32-19)13-5-3-4-6-20(25)26/h7-12,14H,2-6,13H2,1H3,(H,25,26). The summed E-state index contributed by atoms with van der Waals surface area (Å²) in [6.45, 7) is 2.55. The van der Waals surface area contributed by atoms with Gasteiger partial charge < -0.3 is 14.3 Å². The van der Waals surface area contributed by atoms with E-state index in [4.69, 9.17) is 26.5 Å². The number of hydrogen-bond acceptors (Lipinski definition) is 7. The number of rotatable bonds is 10. The van der Waals surface area contributed by atoms with Gasteiger partial charge in [-0.2, -0.15) is 0 Å². The van der Waals surface area contributed by atoms with Crippen LogP contribution in [0.4, 0.5) is 0 Å². The number of thioether (sulfide) groups is 1. The number of amides is 1. The normalized spacial score (nSPS) is 14.9. The summed E-state index contributed by atoms with van der Waals surface area (Å²) in [6.07, 6.45) is 3.79. The largest absolute Gasteiger partial charge is 0.481 e. The lowest BCUT2D eigenvalue weighted by Gasteiger charge is -2.13. The predicted molar refractivity (Wildman–Crippen MR) is 126 cm³/mol. The van der Waals surface area contributed by atoms with Gasteiger partial charge in [-0.05, 0) is 44.0 Å². The van der Waals surface area contributed by atoms with Crippen molar-refractivity contribution in [2.75, 3.05) is 13.2 Å². The van der Waals surface area contributed by atoms with Gasteiger partial charge in [0.25, 0.3) is 5.91 Å². The van der Waals surface area contributed by atoms with Crippen LogP contribution < -0.4 is 0 Å². The molecule has 1 aromatic carbocycles. The van der Waals surface area contributed by atoms with Crippen molar-refractivity contribution in [1.29, 1.82) is 0 Å². The topological polar surface area (TPSA) is 97.0 Å². The van der Waals surface area contributed by atoms with Crippen LogP contribution >= 0.6 is 24.0 Å². The molecule has 2 aromatic rings. The number of benzene rings is 1. The first-order valence-corrected chi connectivity index (χ1v) is 11.5. The van der Waals surface area contributed by atoms with Gasteiger partial charge in [0, 0.05) is 24.6 Å². The van der Waals surface area contributed by atoms with Gasteiger partial charge in [-0.25, -0.2) is 4.79 Å². The number of carbonyl (C=O) groups excluding carboxylic acids is 2. The van der Waals surface area contributed by atoms with Gasteiger partial charge in [-0.3, -0.25) is 14.5 Å². The Hall–Kier alpha value is -2.91. The van der Waals surface area contributed by atoms with E-state index >= 15 is 0 Å². The van der Waals surface area contributed by atoms with Crippen LogP contribution in [-0.2, 0) is 14.3 Å². The van der Waals surface area contributed by atoms with Crippen LogP contribution in [0.2, 0.25) is 0 Å². The third-order valence-corrected chi connectivity index (χ3v) is 6.10. The smallest absolute Gasteiger partial charge is 0.338 e. The Morgan fingerprint density at radius 1 is 1.16 bits per heavy atom. The number of hydrogen-bond donors (Lipinski definition) is 1. The molecular formula is C23H23NO6S2. The summed E-state index contributed by atoms with van der Waals surface area (Å²) in [5, 5.41) is 8.69. The van der Waals surface area contributed by atoms with E-state index in [2.05, 4.69) is 0 Å². The van der Waals surface area contributed by atoms with Crippen LogP contribution in [0.1, 0.15) is 48.7 Å². The van der Waals surface area contributed by atoms with E-state index < -0.39 is 5.97 Å². The van der Waals surface area contributed by atoms with E-state index in [9.17, 15) is 14.4 Å². The Labute approximate surface area is 195 Å². The molecule has 0 aliphatic carbocycles. The summed E-state index contributed by atoms with van der Waals surface area (Å²) < 4.78 is 11.3. The number of unbranched alkanes of at least 4 members (excludes halogenated alkanes) is 2. The lowest BCUT2D eigenvalue weighted by molar-refractivity contribution is -0.137. The van der Waals surface area contributed by atoms with Crippen molar-refractivity contribution in [3.63, 3.8) is 0 Å². The summed E-state index contributed by atoms with van der Waals surface area (Å²) in [5.41, 5.74) is 1.26. The van der Waals surface area contributed by atoms with Crippen molar-refractivity contribution in [1.82, 2.24) is 4.90 Å². The molecule has 1 aliphatic rings. The average Bonchev–Trinajstić information content (AvgIpc) is 3.33. The van der Waals surface area contributed by atoms with Crippen molar-refractivity contribution in [2.45, 2.75) is 32.6 Å². The average molecular weight is 474 g/mol. The molecule has 168 valence electrons. The Balaban J connectivity index is 1.62. The van der Waals surface area contributed by atoms with Gasteiger partial charge in [0.1, 0.15) is 15.8 Å². The molecule has 1 aliphatic heterocycles. The zero-order valence-corrected chi connectivity index (χ0v) is 19.2. The Kier molecular flexibility index (Phi) is 8.24. The number of carbonyl (C=O) groups is 3. The number of aliphatic carboxylic acids is 1. The highest BCUT2D eigenvalue weighted by Crippen LogP contribution is 2.34. The molecule has 3 rings (SSSR count). The number of ether oxygens (including phenoxy) is 1. The van der Waals surface area contributed by atoms with Crippen LogP contribution in [0.15, 0.2) is 45.7 Å². The van der Waals surface area contributed by atoms with Gasteiger partial charge in [-0.15, -0.1) is 0 Å². The quantitative estimate of drug-likeness (QED) is 0.224. The molecule has 0 atom stereocenters. The maximum atomic E-state index is 12.7. The van der Waals surface area contributed by atoms with Crippen LogP contribution in [0.3, 0.4) is 0 Å². The minimum Gasteiger partial charge on any atom is -0.481 e. The zero-order valence-electron chi connectivity index (χ0n) is 17.5. The maximum Gasteiger partial charge on any atom is 0.338 e. The zero-order chi connectivity index (χ0) is 23.1. The van der Waals surface area contributed by atoms with E-state index in [1.54, 1.807) is 54.3 Å². The van der Waals surface area contributed by atoms with Gasteiger partial charge in [-0.1, -0.05) is 42.5 Å². The summed E-state index contributed by atoms with van der Waals surface area (Å²) >= 11 is 6.55. The Bertz CT molecular complexity index is 1040. The molecule has 1 saturated heterocycles. The second-order valence-corrected chi connectivity index (χ2v) is 8.71. The van der Waals surface area contributed by atoms with E-state index in [0.717, 1.165) is 12.0 Å². The van der Waals surface area contributed by atoms with Crippen molar-refractivity contribution in [3.05, 3.63) is 52.6 Å². The fourth-order valence-electron chi connectivity index (χ4n) is 3.12. The molecule has 0 saturated carbocycles. The summed E-state index contributed by atoms with van der Waals surface area (Å²) in [6, 6.07) is 10.5. The SMILES string of the molecule is CCOC(=O)c1ccc(-c2ccc(C=C3SC(=S)N(CCCCCC(=O)O)C3=O)o2)cc1. The second kappa shape index (κ2) is 11.1. The van der Waals surface area contributed by atoms with Crippen molar-refractivity contribution in [3.8, 4) is 11.3 Å². The molecule has 0 radical (unpaired) electrons. The van der Waals surface area contributed by atoms with E-state index in [0.29, 0.717) is 52.3 Å². The summed E-state index contributed by atoms with van der Waals surface area (Å²) in [4.78, 5) is 37.1. The molecule has 9 heteroatoms. The Morgan fingerprint density at radius 2 is 1.91 bits per heavy atom. The number of furan rings is 1. The highest BCUT2D eigenvalue weighted by Gasteiger charge is 2.31. The number of esters is 1. The summed E-state index contributed by atoms with van der Waals surface area (Å²) in [7, 11) is 0. The van der Waals surface area contributed by atoms with Crippen LogP contribution in [0, 0.1) is 0 Å². The molecule has 1 fully saturated rings. The molecule has 32 heavy (non-hydrogen) atoms. The molecule has 7 nitrogen and oxygen atoms in total. The van der Waals surface area contributed by atoms with Crippen molar-refractivity contribution < 1.29 is 28.6 Å². The molecule has 2 heterocycles. The van der Waals surface area contributed by atoms with Gasteiger partial charge >= 0.3 is 11.9 Å². The van der Waals surface area contributed by atoms with E-state index in [1.807, 2.05) is 0 Å². The molecule has 0 spiro atoms. The number of carboxylic acid groups (broad SMARTS) is 1. The fraction of sp³-hybridized carbons (Fsp3) is 0.304. The molecular weight excluding hydrogens is 450 g/mol. The first kappa shape index (κ1) is 23.7. The minimum absolute atomic E-state index is 0.130. The third kappa shape index (κ3) is 6.08. The monoisotopic (exact) mass is 473 g/mol. The molecule has 0 bridgehead atoms. The van der Waals surface area contributed by atoms with Crippen LogP contribution in [0.25, 0.3) is 17.4 Å². The predicted octanol–water partition coefficient (Wildman–Crippen LogP) is 4.97. The lowest BCUT2D eigenvalue weighted by atomic mass is 10.1. The van der Waals surface area contributed by atoms with E-state index in [1.165, 1.54) is 11.8 Å². The second-order valence-electron chi connectivity index (χ2n) is 7.04. The van der Waals surface area contributed by atoms with Gasteiger partial charge in [0.15, 0.2) is 0 Å². The fourth-order valence-corrected chi connectivity index (χ4v) is 4.40. The number of thiocarbonyl (C=S) groups is 1. The highest BCUT2D eigenvalue weighted by atomic mass is 32.2. The van der Waals surface area contributed by atoms with Crippen molar-refractivity contribution in [2.24, 2.45) is 0 Å². The first-order chi connectivity index (χ1) is 15.4. The molecule has 1 amide bonds. The number of carboxylic acids is 1. The van der Waals surface area contributed by atoms with Crippen LogP contribution in [0.5, 0.6) is 0 Å². The van der Waals surface area contributed by atoms with Crippen molar-refractivity contribution >= 4 is 52.2 Å². The van der Waals surface area contributed by atoms with Gasteiger partial charge in [0.2, 0.25) is 0 Å². The molecule has 1 N–H and O–H groups in total. The first-order valence-electron chi connectivity index (χ1n) is 10.2. The number of nitrogens with zero attached hydrogens (tertiary/aromatic N) is 1. The molecule has 1 aromatic heterocycles. The maximum absolute atomic E-state index is 12.7. The lowest BCUT2D eigenvalue weighted by Crippen LogP contribution is -2.29. The Morgan fingerprint density at radius 3 is 2.59 bits per heavy atom. The van der Waals surface area contributed by atoms with E-state index in [-0.39, 0.29) is 18.3 Å². The summed E-state index contributed by atoms with van der Waals surface area (Å²) in [5.74, 6) is -0.221. The molecule has 0 unspecified atom stereocenters. The van der Waals surface area contributed by atoms with Gasteiger partial charge in [0.05, 0.1) is 17.1 Å². The minimum atomic E-state index is -0.814.